The second-order valence-corrected chi connectivity index (χ2v) is 5.45. The van der Waals surface area contributed by atoms with Crippen molar-refractivity contribution >= 4 is 5.91 Å². The molecule has 1 amide bonds. The smallest absolute Gasteiger partial charge is 0.242 e. The van der Waals surface area contributed by atoms with Crippen molar-refractivity contribution in [2.75, 3.05) is 26.8 Å². The van der Waals surface area contributed by atoms with Crippen molar-refractivity contribution in [1.82, 2.24) is 4.90 Å². The Hall–Kier alpha value is -0.650. The van der Waals surface area contributed by atoms with Crippen molar-refractivity contribution < 1.29 is 14.6 Å². The quantitative estimate of drug-likeness (QED) is 0.714. The molecule has 5 heteroatoms. The zero-order valence-corrected chi connectivity index (χ0v) is 10.4. The van der Waals surface area contributed by atoms with Crippen molar-refractivity contribution in [2.45, 2.75) is 37.3 Å². The number of likely N-dealkylation sites (N-methyl/N-ethyl adjacent to an activating group) is 1. The van der Waals surface area contributed by atoms with Crippen LogP contribution < -0.4 is 5.73 Å². The summed E-state index contributed by atoms with van der Waals surface area (Å²) in [6.07, 6.45) is 2.64. The number of nitrogens with two attached hydrogens (primary N) is 1. The van der Waals surface area contributed by atoms with Gasteiger partial charge in [0.15, 0.2) is 0 Å². The molecule has 0 radical (unpaired) electrons. The molecule has 0 atom stereocenters. The van der Waals surface area contributed by atoms with Gasteiger partial charge < -0.3 is 20.5 Å². The van der Waals surface area contributed by atoms with E-state index >= 15 is 0 Å². The van der Waals surface area contributed by atoms with E-state index in [0.29, 0.717) is 38.5 Å². The highest BCUT2D eigenvalue weighted by Crippen LogP contribution is 2.28. The van der Waals surface area contributed by atoms with E-state index in [0.717, 1.165) is 12.8 Å². The maximum atomic E-state index is 12.3. The molecule has 3 N–H and O–H groups in total. The number of nitrogens with zero attached hydrogens (tertiary/aromatic N) is 1. The van der Waals surface area contributed by atoms with Gasteiger partial charge in [-0.3, -0.25) is 4.79 Å². The third-order valence-electron chi connectivity index (χ3n) is 3.90. The maximum absolute atomic E-state index is 12.3. The van der Waals surface area contributed by atoms with Crippen LogP contribution in [0.25, 0.3) is 0 Å². The predicted octanol–water partition coefficient (Wildman–Crippen LogP) is -0.276. The van der Waals surface area contributed by atoms with Crippen LogP contribution in [-0.4, -0.2) is 54.4 Å². The van der Waals surface area contributed by atoms with Gasteiger partial charge in [0.2, 0.25) is 5.91 Å². The van der Waals surface area contributed by atoms with Crippen LogP contribution in [0.5, 0.6) is 0 Å². The minimum atomic E-state index is -0.741. The lowest BCUT2D eigenvalue weighted by atomic mass is 9.81. The van der Waals surface area contributed by atoms with Crippen LogP contribution >= 0.6 is 0 Å². The molecule has 2 aliphatic rings. The van der Waals surface area contributed by atoms with Crippen LogP contribution in [0.3, 0.4) is 0 Å². The van der Waals surface area contributed by atoms with E-state index in [9.17, 15) is 9.90 Å². The van der Waals surface area contributed by atoms with E-state index in [-0.39, 0.29) is 12.0 Å². The second kappa shape index (κ2) is 4.92. The summed E-state index contributed by atoms with van der Waals surface area (Å²) in [4.78, 5) is 14.0. The first-order chi connectivity index (χ1) is 8.01. The molecule has 5 nitrogen and oxygen atoms in total. The first-order valence-electron chi connectivity index (χ1n) is 6.31. The van der Waals surface area contributed by atoms with Crippen LogP contribution in [0.4, 0.5) is 0 Å². The number of rotatable bonds is 3. The molecule has 0 spiro atoms. The van der Waals surface area contributed by atoms with Crippen LogP contribution in [0.15, 0.2) is 0 Å². The lowest BCUT2D eigenvalue weighted by Crippen LogP contribution is -2.58. The molecule has 0 aromatic heterocycles. The fraction of sp³-hybridized carbons (Fsp3) is 0.917. The Kier molecular flexibility index (Phi) is 3.70. The zero-order chi connectivity index (χ0) is 12.5. The van der Waals surface area contributed by atoms with Crippen molar-refractivity contribution in [3.05, 3.63) is 0 Å². The fourth-order valence-corrected chi connectivity index (χ4v) is 2.65. The molecule has 0 bridgehead atoms. The molecule has 2 rings (SSSR count). The molecule has 2 fully saturated rings. The average Bonchev–Trinajstić information content (AvgIpc) is 2.27. The molecule has 0 aromatic rings. The third-order valence-corrected chi connectivity index (χ3v) is 3.90. The van der Waals surface area contributed by atoms with Gasteiger partial charge in [-0.05, 0) is 31.6 Å². The standard InChI is InChI=1S/C12H22N2O3/c1-14(8-9-6-10(15)7-9)11(16)12(13)2-4-17-5-3-12/h9-10,15H,2-8,13H2,1H3. The molecule has 0 unspecified atom stereocenters. The monoisotopic (exact) mass is 242 g/mol. The number of amides is 1. The highest BCUT2D eigenvalue weighted by atomic mass is 16.5. The molecular formula is C12H22N2O3. The van der Waals surface area contributed by atoms with E-state index in [2.05, 4.69) is 0 Å². The largest absolute Gasteiger partial charge is 0.393 e. The summed E-state index contributed by atoms with van der Waals surface area (Å²) in [7, 11) is 1.80. The van der Waals surface area contributed by atoms with Gasteiger partial charge in [-0.25, -0.2) is 0 Å². The Morgan fingerprint density at radius 1 is 1.47 bits per heavy atom. The summed E-state index contributed by atoms with van der Waals surface area (Å²) in [5.41, 5.74) is 5.40. The van der Waals surface area contributed by atoms with Gasteiger partial charge in [0.1, 0.15) is 0 Å². The van der Waals surface area contributed by atoms with E-state index in [1.807, 2.05) is 0 Å². The summed E-state index contributed by atoms with van der Waals surface area (Å²) < 4.78 is 5.24. The number of ether oxygens (including phenoxy) is 1. The Balaban J connectivity index is 1.85. The zero-order valence-electron chi connectivity index (χ0n) is 10.4. The molecule has 1 saturated heterocycles. The molecule has 1 heterocycles. The summed E-state index contributed by atoms with van der Waals surface area (Å²) >= 11 is 0. The number of hydrogen-bond donors (Lipinski definition) is 2. The highest BCUT2D eigenvalue weighted by molar-refractivity contribution is 5.86. The summed E-state index contributed by atoms with van der Waals surface area (Å²) in [6.45, 7) is 1.84. The Morgan fingerprint density at radius 2 is 2.06 bits per heavy atom. The van der Waals surface area contributed by atoms with E-state index < -0.39 is 5.54 Å². The molecule has 1 aliphatic heterocycles. The topological polar surface area (TPSA) is 75.8 Å². The predicted molar refractivity (Wildman–Crippen MR) is 63.3 cm³/mol. The van der Waals surface area contributed by atoms with Crippen LogP contribution in [0, 0.1) is 5.92 Å². The van der Waals surface area contributed by atoms with Gasteiger partial charge in [-0.2, -0.15) is 0 Å². The average molecular weight is 242 g/mol. The lowest BCUT2D eigenvalue weighted by molar-refractivity contribution is -0.140. The van der Waals surface area contributed by atoms with Gasteiger partial charge in [-0.1, -0.05) is 0 Å². The number of hydrogen-bond acceptors (Lipinski definition) is 4. The van der Waals surface area contributed by atoms with Crippen molar-refractivity contribution in [3.8, 4) is 0 Å². The van der Waals surface area contributed by atoms with Gasteiger partial charge in [-0.15, -0.1) is 0 Å². The maximum Gasteiger partial charge on any atom is 0.242 e. The SMILES string of the molecule is CN(CC1CC(O)C1)C(=O)C1(N)CCOCC1. The fourth-order valence-electron chi connectivity index (χ4n) is 2.65. The minimum Gasteiger partial charge on any atom is -0.393 e. The first-order valence-corrected chi connectivity index (χ1v) is 6.31. The van der Waals surface area contributed by atoms with E-state index in [1.165, 1.54) is 0 Å². The summed E-state index contributed by atoms with van der Waals surface area (Å²) in [5, 5.41) is 9.22. The van der Waals surface area contributed by atoms with Crippen molar-refractivity contribution in [1.29, 1.82) is 0 Å². The van der Waals surface area contributed by atoms with Crippen molar-refractivity contribution in [3.63, 3.8) is 0 Å². The van der Waals surface area contributed by atoms with Crippen LogP contribution in [0.1, 0.15) is 25.7 Å². The third kappa shape index (κ3) is 2.78. The summed E-state index contributed by atoms with van der Waals surface area (Å²) in [5.74, 6) is 0.449. The van der Waals surface area contributed by atoms with Crippen LogP contribution in [0.2, 0.25) is 0 Å². The Morgan fingerprint density at radius 3 is 2.59 bits per heavy atom. The van der Waals surface area contributed by atoms with Crippen LogP contribution in [-0.2, 0) is 9.53 Å². The number of carbonyl (C=O) groups is 1. The lowest BCUT2D eigenvalue weighted by Gasteiger charge is -2.39. The van der Waals surface area contributed by atoms with Gasteiger partial charge in [0, 0.05) is 26.8 Å². The Bertz CT molecular complexity index is 283. The number of carbonyl (C=O) groups excluding carboxylic acids is 1. The van der Waals surface area contributed by atoms with Gasteiger partial charge >= 0.3 is 0 Å². The minimum absolute atomic E-state index is 0.0159. The molecule has 0 aromatic carbocycles. The first kappa shape index (κ1) is 12.8. The molecule has 98 valence electrons. The molecule has 1 aliphatic carbocycles. The number of aliphatic hydroxyl groups is 1. The van der Waals surface area contributed by atoms with Crippen molar-refractivity contribution in [2.24, 2.45) is 11.7 Å². The van der Waals surface area contributed by atoms with Gasteiger partial charge in [0.05, 0.1) is 11.6 Å². The second-order valence-electron chi connectivity index (χ2n) is 5.45. The highest BCUT2D eigenvalue weighted by Gasteiger charge is 2.39. The summed E-state index contributed by atoms with van der Waals surface area (Å²) in [6, 6.07) is 0. The van der Waals surface area contributed by atoms with Gasteiger partial charge in [0.25, 0.3) is 0 Å². The number of aliphatic hydroxyl groups excluding tert-OH is 1. The van der Waals surface area contributed by atoms with E-state index in [1.54, 1.807) is 11.9 Å². The Labute approximate surface area is 102 Å². The van der Waals surface area contributed by atoms with E-state index in [4.69, 9.17) is 10.5 Å². The normalized spacial score (nSPS) is 31.7. The molecule has 17 heavy (non-hydrogen) atoms. The molecular weight excluding hydrogens is 220 g/mol. The molecule has 1 saturated carbocycles.